The number of hydrogen-bond acceptors (Lipinski definition) is 5. The zero-order chi connectivity index (χ0) is 17.5. The summed E-state index contributed by atoms with van der Waals surface area (Å²) >= 11 is 1.97. The van der Waals surface area contributed by atoms with Crippen molar-refractivity contribution in [2.24, 2.45) is 0 Å². The fourth-order valence-electron chi connectivity index (χ4n) is 3.36. The Morgan fingerprint density at radius 3 is 2.54 bits per heavy atom. The largest absolute Gasteiger partial charge is 0.354 e. The number of hydrogen-bond donors (Lipinski definition) is 0. The van der Waals surface area contributed by atoms with Gasteiger partial charge in [0.15, 0.2) is 5.65 Å². The molecule has 0 radical (unpaired) electrons. The maximum Gasteiger partial charge on any atom is 0.186 e. The molecule has 3 heterocycles. The van der Waals surface area contributed by atoms with Crippen molar-refractivity contribution in [2.75, 3.05) is 29.5 Å². The first-order valence-corrected chi connectivity index (χ1v) is 9.69. The van der Waals surface area contributed by atoms with Crippen molar-refractivity contribution in [1.29, 1.82) is 0 Å². The van der Waals surface area contributed by atoms with Crippen molar-refractivity contribution in [3.05, 3.63) is 54.3 Å². The van der Waals surface area contributed by atoms with E-state index in [1.807, 2.05) is 30.0 Å². The van der Waals surface area contributed by atoms with Gasteiger partial charge in [-0.05, 0) is 36.4 Å². The normalized spacial score (nSPS) is 15.0. The third-order valence-electron chi connectivity index (χ3n) is 4.66. The lowest BCUT2D eigenvalue weighted by Crippen LogP contribution is -2.33. The number of nitrogens with zero attached hydrogens (tertiary/aromatic N) is 5. The van der Waals surface area contributed by atoms with Crippen molar-refractivity contribution < 1.29 is 4.39 Å². The molecule has 5 rings (SSSR count). The molecule has 0 saturated carbocycles. The number of fused-ring (bicyclic) bond motifs is 3. The van der Waals surface area contributed by atoms with Crippen molar-refractivity contribution in [3.8, 4) is 11.3 Å². The van der Waals surface area contributed by atoms with Gasteiger partial charge in [0.25, 0.3) is 0 Å². The molecule has 26 heavy (non-hydrogen) atoms. The molecule has 1 aliphatic heterocycles. The monoisotopic (exact) mass is 365 g/mol. The zero-order valence-electron chi connectivity index (χ0n) is 14.0. The van der Waals surface area contributed by atoms with E-state index in [-0.39, 0.29) is 5.82 Å². The summed E-state index contributed by atoms with van der Waals surface area (Å²) in [6, 6.07) is 14.4. The van der Waals surface area contributed by atoms with Crippen molar-refractivity contribution in [1.82, 2.24) is 19.8 Å². The summed E-state index contributed by atoms with van der Waals surface area (Å²) in [6.45, 7) is 1.95. The topological polar surface area (TPSA) is 46.3 Å². The molecule has 130 valence electrons. The maximum absolute atomic E-state index is 13.3. The van der Waals surface area contributed by atoms with Crippen molar-refractivity contribution in [2.45, 2.75) is 0 Å². The highest BCUT2D eigenvalue weighted by atomic mass is 32.2. The summed E-state index contributed by atoms with van der Waals surface area (Å²) in [7, 11) is 0. The summed E-state index contributed by atoms with van der Waals surface area (Å²) in [4.78, 5) is 7.28. The quantitative estimate of drug-likeness (QED) is 0.543. The standard InChI is InChI=1S/C19H16FN5S/c20-14-7-5-13(6-8-14)17-19-21-18(24-9-11-26-12-10-24)15-3-1-2-4-16(15)25(19)23-22-17/h1-8H,9-12H2. The molecular formula is C19H16FN5S. The van der Waals surface area contributed by atoms with Gasteiger partial charge in [0, 0.05) is 35.5 Å². The molecule has 0 aliphatic carbocycles. The molecule has 0 atom stereocenters. The fourth-order valence-corrected chi connectivity index (χ4v) is 4.26. The van der Waals surface area contributed by atoms with E-state index in [2.05, 4.69) is 21.3 Å². The van der Waals surface area contributed by atoms with Gasteiger partial charge in [-0.15, -0.1) is 5.10 Å². The second-order valence-corrected chi connectivity index (χ2v) is 7.46. The van der Waals surface area contributed by atoms with Crippen LogP contribution >= 0.6 is 11.8 Å². The molecule has 0 N–H and O–H groups in total. The third kappa shape index (κ3) is 2.50. The van der Waals surface area contributed by atoms with Crippen LogP contribution in [0.5, 0.6) is 0 Å². The molecule has 0 amide bonds. The number of rotatable bonds is 2. The Morgan fingerprint density at radius 2 is 1.73 bits per heavy atom. The second-order valence-electron chi connectivity index (χ2n) is 6.23. The highest BCUT2D eigenvalue weighted by Gasteiger charge is 2.20. The number of halogens is 1. The molecule has 7 heteroatoms. The van der Waals surface area contributed by atoms with Crippen molar-refractivity contribution in [3.63, 3.8) is 0 Å². The Kier molecular flexibility index (Phi) is 3.74. The fraction of sp³-hybridized carbons (Fsp3) is 0.211. The van der Waals surface area contributed by atoms with E-state index in [9.17, 15) is 4.39 Å². The summed E-state index contributed by atoms with van der Waals surface area (Å²) in [5.41, 5.74) is 3.16. The SMILES string of the molecule is Fc1ccc(-c2nnn3c2nc(N2CCSCC2)c2ccccc23)cc1. The van der Waals surface area contributed by atoms with Crippen LogP contribution in [0.15, 0.2) is 48.5 Å². The van der Waals surface area contributed by atoms with Gasteiger partial charge in [-0.1, -0.05) is 17.3 Å². The molecule has 1 fully saturated rings. The van der Waals surface area contributed by atoms with Gasteiger partial charge in [-0.3, -0.25) is 0 Å². The minimum atomic E-state index is -0.268. The molecule has 2 aromatic heterocycles. The molecule has 0 bridgehead atoms. The van der Waals surface area contributed by atoms with E-state index >= 15 is 0 Å². The summed E-state index contributed by atoms with van der Waals surface area (Å²) < 4.78 is 15.1. The third-order valence-corrected chi connectivity index (χ3v) is 5.60. The average Bonchev–Trinajstić information content (AvgIpc) is 3.13. The van der Waals surface area contributed by atoms with Crippen LogP contribution < -0.4 is 4.90 Å². The Morgan fingerprint density at radius 1 is 0.962 bits per heavy atom. The Balaban J connectivity index is 1.77. The predicted molar refractivity (Wildman–Crippen MR) is 103 cm³/mol. The van der Waals surface area contributed by atoms with Gasteiger partial charge in [0.2, 0.25) is 0 Å². The van der Waals surface area contributed by atoms with Gasteiger partial charge in [-0.25, -0.2) is 9.37 Å². The molecular weight excluding hydrogens is 349 g/mol. The number of aromatic nitrogens is 4. The van der Waals surface area contributed by atoms with E-state index < -0.39 is 0 Å². The summed E-state index contributed by atoms with van der Waals surface area (Å²) in [5, 5.41) is 9.73. The van der Waals surface area contributed by atoms with Gasteiger partial charge in [0.05, 0.1) is 5.52 Å². The first-order chi connectivity index (χ1) is 12.8. The van der Waals surface area contributed by atoms with E-state index in [0.29, 0.717) is 11.3 Å². The Bertz CT molecular complexity index is 1090. The van der Waals surface area contributed by atoms with Gasteiger partial charge in [-0.2, -0.15) is 16.3 Å². The number of benzene rings is 2. The van der Waals surface area contributed by atoms with Crippen LogP contribution in [0, 0.1) is 5.82 Å². The molecule has 5 nitrogen and oxygen atoms in total. The van der Waals surface area contributed by atoms with E-state index in [1.165, 1.54) is 12.1 Å². The van der Waals surface area contributed by atoms with Crippen molar-refractivity contribution >= 4 is 34.1 Å². The van der Waals surface area contributed by atoms with Crippen LogP contribution in [0.4, 0.5) is 10.2 Å². The summed E-state index contributed by atoms with van der Waals surface area (Å²) in [5.74, 6) is 2.90. The lowest BCUT2D eigenvalue weighted by atomic mass is 10.1. The van der Waals surface area contributed by atoms with Gasteiger partial charge < -0.3 is 4.90 Å². The zero-order valence-corrected chi connectivity index (χ0v) is 14.8. The molecule has 0 unspecified atom stereocenters. The second kappa shape index (κ2) is 6.25. The number of anilines is 1. The van der Waals surface area contributed by atoms with Crippen LogP contribution in [0.2, 0.25) is 0 Å². The molecule has 4 aromatic rings. The van der Waals surface area contributed by atoms with E-state index in [1.54, 1.807) is 16.6 Å². The van der Waals surface area contributed by atoms with Gasteiger partial charge in [0.1, 0.15) is 17.3 Å². The molecule has 2 aromatic carbocycles. The first kappa shape index (κ1) is 15.6. The van der Waals surface area contributed by atoms with Crippen LogP contribution in [0.1, 0.15) is 0 Å². The highest BCUT2D eigenvalue weighted by Crippen LogP contribution is 2.31. The van der Waals surface area contributed by atoms with Crippen LogP contribution in [-0.2, 0) is 0 Å². The minimum Gasteiger partial charge on any atom is -0.354 e. The molecule has 1 saturated heterocycles. The number of thioether (sulfide) groups is 1. The maximum atomic E-state index is 13.3. The summed E-state index contributed by atoms with van der Waals surface area (Å²) in [6.07, 6.45) is 0. The highest BCUT2D eigenvalue weighted by molar-refractivity contribution is 7.99. The van der Waals surface area contributed by atoms with Crippen LogP contribution in [-0.4, -0.2) is 44.4 Å². The Hall–Kier alpha value is -2.67. The number of para-hydroxylation sites is 1. The predicted octanol–water partition coefficient (Wildman–Crippen LogP) is 3.64. The van der Waals surface area contributed by atoms with Crippen LogP contribution in [0.3, 0.4) is 0 Å². The average molecular weight is 365 g/mol. The lowest BCUT2D eigenvalue weighted by Gasteiger charge is -2.28. The van der Waals surface area contributed by atoms with E-state index in [0.717, 1.165) is 46.9 Å². The molecule has 1 aliphatic rings. The minimum absolute atomic E-state index is 0.268. The molecule has 0 spiro atoms. The van der Waals surface area contributed by atoms with Gasteiger partial charge >= 0.3 is 0 Å². The Labute approximate surface area is 153 Å². The smallest absolute Gasteiger partial charge is 0.186 e. The first-order valence-electron chi connectivity index (χ1n) is 8.54. The lowest BCUT2D eigenvalue weighted by molar-refractivity contribution is 0.628. The van der Waals surface area contributed by atoms with Crippen LogP contribution in [0.25, 0.3) is 27.8 Å². The van der Waals surface area contributed by atoms with E-state index in [4.69, 9.17) is 4.98 Å².